The van der Waals surface area contributed by atoms with Crippen LogP contribution in [0.3, 0.4) is 0 Å². The van der Waals surface area contributed by atoms with Gasteiger partial charge in [0.15, 0.2) is 0 Å². The normalized spacial score (nSPS) is 13.9. The Morgan fingerprint density at radius 3 is 2.41 bits per heavy atom. The number of hydrogen-bond acceptors (Lipinski definition) is 1. The van der Waals surface area contributed by atoms with E-state index in [9.17, 15) is 4.39 Å². The Morgan fingerprint density at radius 2 is 1.65 bits per heavy atom. The summed E-state index contributed by atoms with van der Waals surface area (Å²) in [4.78, 5) is 2.25. The number of fused-ring (bicyclic) bond motifs is 1. The van der Waals surface area contributed by atoms with E-state index >= 15 is 0 Å². The van der Waals surface area contributed by atoms with Crippen LogP contribution in [0.2, 0.25) is 0 Å². The largest absolute Gasteiger partial charge is 0.363 e. The minimum atomic E-state index is -0.187. The number of nitrogens with zero attached hydrogens (tertiary/aromatic N) is 1. The molecule has 3 heteroatoms. The monoisotopic (exact) mass is 291 g/mol. The van der Waals surface area contributed by atoms with E-state index in [0.29, 0.717) is 0 Å². The molecule has 3 rings (SSSR count). The lowest BCUT2D eigenvalue weighted by atomic mass is 10.1. The van der Waals surface area contributed by atoms with E-state index in [-0.39, 0.29) is 5.82 Å². The molecule has 1 aliphatic rings. The molecule has 0 fully saturated rings. The molecule has 0 spiro atoms. The highest BCUT2D eigenvalue weighted by Crippen LogP contribution is 2.29. The molecule has 0 N–H and O–H groups in total. The van der Waals surface area contributed by atoms with E-state index in [4.69, 9.17) is 0 Å². The molecule has 1 heterocycles. The van der Waals surface area contributed by atoms with Gasteiger partial charge in [-0.25, -0.2) is 4.39 Å². The molecule has 0 unspecified atom stereocenters. The zero-order valence-corrected chi connectivity index (χ0v) is 10.7. The zero-order valence-electron chi connectivity index (χ0n) is 9.16. The summed E-state index contributed by atoms with van der Waals surface area (Å²) in [5.74, 6) is -0.187. The molecule has 1 aliphatic heterocycles. The van der Waals surface area contributed by atoms with Gasteiger partial charge >= 0.3 is 0 Å². The van der Waals surface area contributed by atoms with Gasteiger partial charge in [-0.3, -0.25) is 0 Å². The van der Waals surface area contributed by atoms with Crippen molar-refractivity contribution in [2.24, 2.45) is 0 Å². The molecule has 1 nitrogen and oxygen atoms in total. The van der Waals surface area contributed by atoms with E-state index in [2.05, 4.69) is 39.0 Å². The van der Waals surface area contributed by atoms with Crippen molar-refractivity contribution in [2.75, 3.05) is 4.90 Å². The smallest absolute Gasteiger partial charge is 0.123 e. The van der Waals surface area contributed by atoms with Crippen LogP contribution >= 0.6 is 15.9 Å². The third-order valence-corrected chi connectivity index (χ3v) is 3.58. The van der Waals surface area contributed by atoms with Gasteiger partial charge in [-0.15, -0.1) is 0 Å². The molecule has 0 radical (unpaired) electrons. The number of benzene rings is 2. The minimum Gasteiger partial charge on any atom is -0.363 e. The fourth-order valence-electron chi connectivity index (χ4n) is 2.20. The van der Waals surface area contributed by atoms with Gasteiger partial charge in [0.1, 0.15) is 5.82 Å². The fraction of sp³-hybridized carbons (Fsp3) is 0.143. The van der Waals surface area contributed by atoms with Gasteiger partial charge in [0, 0.05) is 23.2 Å². The lowest BCUT2D eigenvalue weighted by molar-refractivity contribution is 0.627. The molecular weight excluding hydrogens is 281 g/mol. The van der Waals surface area contributed by atoms with E-state index in [1.165, 1.54) is 23.3 Å². The lowest BCUT2D eigenvalue weighted by Gasteiger charge is -2.17. The van der Waals surface area contributed by atoms with Gasteiger partial charge in [0.25, 0.3) is 0 Å². The SMILES string of the molecule is Fc1ccc(N2Cc3ccc(Br)cc3C2)cc1. The van der Waals surface area contributed by atoms with Crippen molar-refractivity contribution in [1.82, 2.24) is 0 Å². The van der Waals surface area contributed by atoms with E-state index in [1.54, 1.807) is 0 Å². The standard InChI is InChI=1S/C14H11BrFN/c15-12-2-1-10-8-17(9-11(10)7-12)14-5-3-13(16)4-6-14/h1-7H,8-9H2. The molecular formula is C14H11BrFN. The van der Waals surface area contributed by atoms with Crippen molar-refractivity contribution < 1.29 is 4.39 Å². The third kappa shape index (κ3) is 2.07. The topological polar surface area (TPSA) is 3.24 Å². The number of rotatable bonds is 1. The predicted molar refractivity (Wildman–Crippen MR) is 70.4 cm³/mol. The summed E-state index contributed by atoms with van der Waals surface area (Å²) in [6.07, 6.45) is 0. The summed E-state index contributed by atoms with van der Waals surface area (Å²) < 4.78 is 14.0. The summed E-state index contributed by atoms with van der Waals surface area (Å²) in [6.45, 7) is 1.79. The van der Waals surface area contributed by atoms with E-state index in [0.717, 1.165) is 23.2 Å². The second-order valence-corrected chi connectivity index (χ2v) is 5.16. The van der Waals surface area contributed by atoms with E-state index in [1.807, 2.05) is 12.1 Å². The lowest BCUT2D eigenvalue weighted by Crippen LogP contribution is -2.14. The summed E-state index contributed by atoms with van der Waals surface area (Å²) >= 11 is 3.48. The highest BCUT2D eigenvalue weighted by Gasteiger charge is 2.19. The quantitative estimate of drug-likeness (QED) is 0.764. The first-order valence-corrected chi connectivity index (χ1v) is 6.29. The van der Waals surface area contributed by atoms with Crippen LogP contribution in [0.1, 0.15) is 11.1 Å². The Bertz CT molecular complexity index is 551. The Hall–Kier alpha value is -1.35. The highest BCUT2D eigenvalue weighted by atomic mass is 79.9. The van der Waals surface area contributed by atoms with Gasteiger partial charge in [0.2, 0.25) is 0 Å². The molecule has 0 aromatic heterocycles. The fourth-order valence-corrected chi connectivity index (χ4v) is 2.61. The van der Waals surface area contributed by atoms with Crippen LogP contribution in [0.4, 0.5) is 10.1 Å². The number of anilines is 1. The van der Waals surface area contributed by atoms with Gasteiger partial charge < -0.3 is 4.90 Å². The molecule has 0 bridgehead atoms. The molecule has 17 heavy (non-hydrogen) atoms. The van der Waals surface area contributed by atoms with Crippen LogP contribution in [0, 0.1) is 5.82 Å². The molecule has 0 amide bonds. The van der Waals surface area contributed by atoms with Crippen molar-refractivity contribution >= 4 is 21.6 Å². The van der Waals surface area contributed by atoms with Crippen molar-refractivity contribution in [3.63, 3.8) is 0 Å². The van der Waals surface area contributed by atoms with Gasteiger partial charge in [-0.05, 0) is 47.5 Å². The summed E-state index contributed by atoms with van der Waals surface area (Å²) in [6, 6.07) is 13.0. The average Bonchev–Trinajstić information content (AvgIpc) is 2.72. The Kier molecular flexibility index (Phi) is 2.63. The molecule has 0 saturated heterocycles. The second kappa shape index (κ2) is 4.15. The average molecular weight is 292 g/mol. The van der Waals surface area contributed by atoms with Gasteiger partial charge in [-0.1, -0.05) is 22.0 Å². The molecule has 2 aromatic carbocycles. The maximum absolute atomic E-state index is 12.9. The Balaban J connectivity index is 1.88. The first-order valence-electron chi connectivity index (χ1n) is 5.50. The van der Waals surface area contributed by atoms with Crippen LogP contribution in [0.5, 0.6) is 0 Å². The molecule has 0 atom stereocenters. The first-order chi connectivity index (χ1) is 8.22. The maximum Gasteiger partial charge on any atom is 0.123 e. The van der Waals surface area contributed by atoms with Crippen molar-refractivity contribution in [3.05, 3.63) is 63.9 Å². The Labute approximate surface area is 108 Å². The van der Waals surface area contributed by atoms with Crippen LogP contribution in [0.15, 0.2) is 46.9 Å². The van der Waals surface area contributed by atoms with Crippen LogP contribution in [0.25, 0.3) is 0 Å². The third-order valence-electron chi connectivity index (χ3n) is 3.08. The van der Waals surface area contributed by atoms with Gasteiger partial charge in [0.05, 0.1) is 0 Å². The van der Waals surface area contributed by atoms with Crippen molar-refractivity contribution in [1.29, 1.82) is 0 Å². The second-order valence-electron chi connectivity index (χ2n) is 4.25. The summed E-state index contributed by atoms with van der Waals surface area (Å²) in [5, 5.41) is 0. The molecule has 86 valence electrons. The first kappa shape index (κ1) is 10.8. The number of hydrogen-bond donors (Lipinski definition) is 0. The molecule has 0 saturated carbocycles. The number of halogens is 2. The van der Waals surface area contributed by atoms with Crippen molar-refractivity contribution in [2.45, 2.75) is 13.1 Å². The van der Waals surface area contributed by atoms with Crippen LogP contribution in [-0.4, -0.2) is 0 Å². The molecule has 2 aromatic rings. The summed E-state index contributed by atoms with van der Waals surface area (Å²) in [7, 11) is 0. The minimum absolute atomic E-state index is 0.187. The molecule has 0 aliphatic carbocycles. The predicted octanol–water partition coefficient (Wildman–Crippen LogP) is 4.11. The van der Waals surface area contributed by atoms with Crippen LogP contribution < -0.4 is 4.90 Å². The van der Waals surface area contributed by atoms with E-state index < -0.39 is 0 Å². The maximum atomic E-state index is 12.9. The van der Waals surface area contributed by atoms with Crippen molar-refractivity contribution in [3.8, 4) is 0 Å². The Morgan fingerprint density at radius 1 is 0.941 bits per heavy atom. The summed E-state index contributed by atoms with van der Waals surface area (Å²) in [5.41, 5.74) is 3.75. The zero-order chi connectivity index (χ0) is 11.8. The van der Waals surface area contributed by atoms with Crippen LogP contribution in [-0.2, 0) is 13.1 Å². The van der Waals surface area contributed by atoms with Gasteiger partial charge in [-0.2, -0.15) is 0 Å². The highest BCUT2D eigenvalue weighted by molar-refractivity contribution is 9.10.